The quantitative estimate of drug-likeness (QED) is 0.255. The normalized spacial score (nSPS) is 16.9. The van der Waals surface area contributed by atoms with Gasteiger partial charge in [-0.25, -0.2) is 0 Å². The van der Waals surface area contributed by atoms with Crippen molar-refractivity contribution in [3.63, 3.8) is 0 Å². The number of benzene rings is 6. The van der Waals surface area contributed by atoms with Gasteiger partial charge in [0.15, 0.2) is 0 Å². The molecule has 1 aromatic heterocycles. The van der Waals surface area contributed by atoms with Crippen molar-refractivity contribution in [1.29, 1.82) is 0 Å². The molecule has 39 heavy (non-hydrogen) atoms. The number of nitrogens with one attached hydrogen (secondary N) is 1. The van der Waals surface area contributed by atoms with Gasteiger partial charge in [0, 0.05) is 11.1 Å². The van der Waals surface area contributed by atoms with Gasteiger partial charge in [-0.15, -0.1) is 0 Å². The van der Waals surface area contributed by atoms with E-state index in [9.17, 15) is 0 Å². The lowest BCUT2D eigenvalue weighted by Crippen LogP contribution is -2.28. The Bertz CT molecular complexity index is 2430. The smallest absolute Gasteiger partial charge is 0.137 e. The maximum atomic E-state index is 9.12. The lowest BCUT2D eigenvalue weighted by molar-refractivity contribution is 0.669. The molecule has 0 bridgehead atoms. The van der Waals surface area contributed by atoms with Crippen LogP contribution in [0.3, 0.4) is 0 Å². The number of rotatable bonds is 4. The van der Waals surface area contributed by atoms with Crippen molar-refractivity contribution in [2.75, 3.05) is 5.32 Å². The van der Waals surface area contributed by atoms with E-state index in [0.29, 0.717) is 33.5 Å². The van der Waals surface area contributed by atoms with Crippen LogP contribution in [-0.2, 0) is 5.41 Å². The Morgan fingerprint density at radius 2 is 1.26 bits per heavy atom. The summed E-state index contributed by atoms with van der Waals surface area (Å²) in [5.74, 6) is 0. The van der Waals surface area contributed by atoms with Gasteiger partial charge >= 0.3 is 0 Å². The molecule has 0 fully saturated rings. The molecular weight excluding hydrogens is 474 g/mol. The zero-order chi connectivity index (χ0) is 34.5. The topological polar surface area (TPSA) is 25.2 Å². The molecule has 1 heterocycles. The number of furan rings is 1. The van der Waals surface area contributed by atoms with Gasteiger partial charge in [-0.2, -0.15) is 0 Å². The van der Waals surface area contributed by atoms with Crippen LogP contribution >= 0.6 is 0 Å². The monoisotopic (exact) mass is 509 g/mol. The van der Waals surface area contributed by atoms with Crippen LogP contribution in [0, 0.1) is 0 Å². The third-order valence-electron chi connectivity index (χ3n) is 7.48. The summed E-state index contributed by atoms with van der Waals surface area (Å²) in [6.07, 6.45) is 0. The van der Waals surface area contributed by atoms with Crippen LogP contribution in [0.25, 0.3) is 33.1 Å². The molecule has 2 nitrogen and oxygen atoms in total. The van der Waals surface area contributed by atoms with Crippen LogP contribution in [0.15, 0.2) is 150 Å². The van der Waals surface area contributed by atoms with Crippen molar-refractivity contribution in [1.82, 2.24) is 0 Å². The SMILES string of the molecule is [2H]c1c([2H])c([2H])c(C2(c3c([2H])c([2H])c([2H])c([2H])c3[2H])c3ccccc3-c3cc(Nc4cccc5oc6ccccc6c45)ccc32)c([2H])c1[2H]. The molecule has 0 saturated heterocycles. The highest BCUT2D eigenvalue weighted by atomic mass is 16.3. The summed E-state index contributed by atoms with van der Waals surface area (Å²) in [6.45, 7) is 0. The fraction of sp³-hybridized carbons (Fsp3) is 0.0270. The van der Waals surface area contributed by atoms with Crippen molar-refractivity contribution < 1.29 is 18.1 Å². The van der Waals surface area contributed by atoms with Crippen molar-refractivity contribution >= 4 is 33.3 Å². The molecule has 2 heteroatoms. The maximum Gasteiger partial charge on any atom is 0.137 e. The predicted octanol–water partition coefficient (Wildman–Crippen LogP) is 9.69. The molecule has 1 aliphatic carbocycles. The van der Waals surface area contributed by atoms with E-state index in [1.807, 2.05) is 54.6 Å². The summed E-state index contributed by atoms with van der Waals surface area (Å²) < 4.78 is 93.5. The fourth-order valence-corrected chi connectivity index (χ4v) is 5.93. The first kappa shape index (κ1) is 14.2. The standard InChI is InChI=1S/C37H25NO/c1-3-12-25(13-4-1)37(26-14-5-2-6-15-26)31-18-9-7-16-28(31)30-24-27(22-23-32(30)37)38-33-19-11-21-35-36(33)29-17-8-10-20-34(29)39-35/h1-24,38H/i1D,2D,3D,4D,5D,6D,12D,13D,14D,15D. The van der Waals surface area contributed by atoms with Crippen LogP contribution in [0.1, 0.15) is 36.0 Å². The van der Waals surface area contributed by atoms with Crippen molar-refractivity contribution in [3.8, 4) is 11.1 Å². The Balaban J connectivity index is 1.46. The fourth-order valence-electron chi connectivity index (χ4n) is 5.93. The van der Waals surface area contributed by atoms with E-state index in [0.717, 1.165) is 22.0 Å². The average molecular weight is 510 g/mol. The van der Waals surface area contributed by atoms with Gasteiger partial charge in [0.1, 0.15) is 11.2 Å². The summed E-state index contributed by atoms with van der Waals surface area (Å²) >= 11 is 0. The predicted molar refractivity (Wildman–Crippen MR) is 161 cm³/mol. The minimum atomic E-state index is -1.87. The van der Waals surface area contributed by atoms with Crippen LogP contribution < -0.4 is 5.32 Å². The minimum Gasteiger partial charge on any atom is -0.456 e. The number of anilines is 2. The molecule has 0 atom stereocenters. The van der Waals surface area contributed by atoms with E-state index in [4.69, 9.17) is 18.1 Å². The lowest BCUT2D eigenvalue weighted by Gasteiger charge is -2.33. The van der Waals surface area contributed by atoms with E-state index in [-0.39, 0.29) is 11.1 Å². The molecule has 0 radical (unpaired) electrons. The maximum absolute atomic E-state index is 9.12. The zero-order valence-electron chi connectivity index (χ0n) is 30.5. The first-order chi connectivity index (χ1) is 23.5. The molecule has 0 amide bonds. The Morgan fingerprint density at radius 1 is 0.590 bits per heavy atom. The molecule has 0 unspecified atom stereocenters. The summed E-state index contributed by atoms with van der Waals surface area (Å²) in [4.78, 5) is 0. The first-order valence-corrected chi connectivity index (χ1v) is 12.5. The number of hydrogen-bond donors (Lipinski definition) is 1. The van der Waals surface area contributed by atoms with Gasteiger partial charge in [0.2, 0.25) is 0 Å². The molecular formula is C37H25NO. The zero-order valence-corrected chi connectivity index (χ0v) is 20.5. The highest BCUT2D eigenvalue weighted by Crippen LogP contribution is 2.56. The molecule has 1 aliphatic rings. The summed E-state index contributed by atoms with van der Waals surface area (Å²) in [5, 5.41) is 5.35. The van der Waals surface area contributed by atoms with Crippen molar-refractivity contribution in [3.05, 3.63) is 168 Å². The molecule has 0 saturated carbocycles. The second-order valence-electron chi connectivity index (χ2n) is 9.46. The number of fused-ring (bicyclic) bond motifs is 6. The number of para-hydroxylation sites is 1. The second kappa shape index (κ2) is 8.47. The van der Waals surface area contributed by atoms with Crippen LogP contribution in [-0.4, -0.2) is 0 Å². The van der Waals surface area contributed by atoms with Crippen LogP contribution in [0.4, 0.5) is 11.4 Å². The summed E-state index contributed by atoms with van der Waals surface area (Å²) in [6, 6.07) is 20.3. The first-order valence-electron chi connectivity index (χ1n) is 17.5. The van der Waals surface area contributed by atoms with Gasteiger partial charge in [0.05, 0.1) is 30.2 Å². The van der Waals surface area contributed by atoms with E-state index in [1.54, 1.807) is 30.3 Å². The van der Waals surface area contributed by atoms with E-state index in [1.165, 1.54) is 0 Å². The van der Waals surface area contributed by atoms with E-state index in [2.05, 4.69) is 5.32 Å². The summed E-state index contributed by atoms with van der Waals surface area (Å²) in [5.41, 5.74) is 2.75. The molecule has 0 spiro atoms. The Morgan fingerprint density at radius 3 is 2.05 bits per heavy atom. The third kappa shape index (κ3) is 3.15. The highest BCUT2D eigenvalue weighted by molar-refractivity contribution is 6.12. The van der Waals surface area contributed by atoms with Gasteiger partial charge in [0.25, 0.3) is 0 Å². The van der Waals surface area contributed by atoms with Gasteiger partial charge in [-0.05, 0) is 63.7 Å². The molecule has 0 aliphatic heterocycles. The minimum absolute atomic E-state index is 0.196. The average Bonchev–Trinajstić information content (AvgIpc) is 3.63. The second-order valence-corrected chi connectivity index (χ2v) is 9.46. The lowest BCUT2D eigenvalue weighted by atomic mass is 9.68. The number of hydrogen-bond acceptors (Lipinski definition) is 2. The van der Waals surface area contributed by atoms with E-state index < -0.39 is 65.8 Å². The van der Waals surface area contributed by atoms with E-state index >= 15 is 0 Å². The Labute approximate surface area is 241 Å². The van der Waals surface area contributed by atoms with Crippen LogP contribution in [0.5, 0.6) is 0 Å². The molecule has 184 valence electrons. The third-order valence-corrected chi connectivity index (χ3v) is 7.48. The van der Waals surface area contributed by atoms with Crippen molar-refractivity contribution in [2.24, 2.45) is 0 Å². The largest absolute Gasteiger partial charge is 0.456 e. The van der Waals surface area contributed by atoms with Gasteiger partial charge in [-0.3, -0.25) is 0 Å². The Kier molecular flexibility index (Phi) is 3.08. The Hall–Kier alpha value is -5.08. The molecule has 7 aromatic rings. The molecule has 1 N–H and O–H groups in total. The summed E-state index contributed by atoms with van der Waals surface area (Å²) in [7, 11) is 0. The molecule has 8 rings (SSSR count). The highest BCUT2D eigenvalue weighted by Gasteiger charge is 2.45. The van der Waals surface area contributed by atoms with Gasteiger partial charge in [-0.1, -0.05) is 115 Å². The van der Waals surface area contributed by atoms with Crippen molar-refractivity contribution in [2.45, 2.75) is 5.41 Å². The van der Waals surface area contributed by atoms with Crippen LogP contribution in [0.2, 0.25) is 0 Å². The van der Waals surface area contributed by atoms with Gasteiger partial charge < -0.3 is 9.73 Å². The molecule has 6 aromatic carbocycles.